The number of carbonyl (C=O) groups is 2. The number of hydrogen-bond acceptors (Lipinski definition) is 3. The number of hydrogen-bond donors (Lipinski definition) is 1. The minimum Gasteiger partial charge on any atom is -0.480 e. The quantitative estimate of drug-likeness (QED) is 0.916. The van der Waals surface area contributed by atoms with Gasteiger partial charge >= 0.3 is 12.0 Å². The van der Waals surface area contributed by atoms with Crippen molar-refractivity contribution < 1.29 is 14.7 Å². The maximum atomic E-state index is 12.6. The lowest BCUT2D eigenvalue weighted by atomic mass is 10.1. The summed E-state index contributed by atoms with van der Waals surface area (Å²) >= 11 is 0. The zero-order chi connectivity index (χ0) is 15.4. The van der Waals surface area contributed by atoms with E-state index in [0.717, 1.165) is 5.56 Å². The van der Waals surface area contributed by atoms with Crippen molar-refractivity contribution in [3.05, 3.63) is 29.8 Å². The van der Waals surface area contributed by atoms with Crippen molar-refractivity contribution in [3.63, 3.8) is 0 Å². The van der Waals surface area contributed by atoms with Gasteiger partial charge in [0.25, 0.3) is 0 Å². The topological polar surface area (TPSA) is 84.6 Å². The number of carbonyl (C=O) groups excluding carboxylic acids is 1. The molecular weight excluding hydrogens is 270 g/mol. The van der Waals surface area contributed by atoms with Gasteiger partial charge in [-0.2, -0.15) is 5.26 Å². The van der Waals surface area contributed by atoms with Gasteiger partial charge in [-0.15, -0.1) is 0 Å². The average Bonchev–Trinajstić information content (AvgIpc) is 2.87. The molecule has 1 N–H and O–H groups in total. The Balaban J connectivity index is 2.32. The molecule has 0 unspecified atom stereocenters. The molecule has 0 saturated carbocycles. The van der Waals surface area contributed by atoms with E-state index in [1.165, 1.54) is 9.80 Å². The Hall–Kier alpha value is -2.55. The highest BCUT2D eigenvalue weighted by molar-refractivity contribution is 6.01. The second-order valence-corrected chi connectivity index (χ2v) is 4.83. The summed E-state index contributed by atoms with van der Waals surface area (Å²) in [6, 6.07) is 7.98. The summed E-state index contributed by atoms with van der Waals surface area (Å²) in [7, 11) is 0. The van der Waals surface area contributed by atoms with Crippen LogP contribution in [0.3, 0.4) is 0 Å². The van der Waals surface area contributed by atoms with Crippen LogP contribution in [0.5, 0.6) is 0 Å². The van der Waals surface area contributed by atoms with Gasteiger partial charge in [0.15, 0.2) is 0 Å². The molecule has 1 aromatic rings. The fourth-order valence-corrected chi connectivity index (χ4v) is 2.55. The third-order valence-electron chi connectivity index (χ3n) is 3.61. The monoisotopic (exact) mass is 287 g/mol. The van der Waals surface area contributed by atoms with E-state index in [4.69, 9.17) is 5.26 Å². The Morgan fingerprint density at radius 2 is 2.19 bits per heavy atom. The van der Waals surface area contributed by atoms with Crippen LogP contribution in [0.15, 0.2) is 24.3 Å². The SMILES string of the molecule is CCN(CCC#N)C(=O)N1c2ccccc2C[C@H]1C(=O)O. The van der Waals surface area contributed by atoms with E-state index in [9.17, 15) is 14.7 Å². The minimum atomic E-state index is -1.02. The number of amides is 2. The first-order chi connectivity index (χ1) is 10.1. The highest BCUT2D eigenvalue weighted by atomic mass is 16.4. The summed E-state index contributed by atoms with van der Waals surface area (Å²) in [4.78, 5) is 26.9. The predicted molar refractivity (Wildman–Crippen MR) is 76.9 cm³/mol. The normalized spacial score (nSPS) is 16.2. The van der Waals surface area contributed by atoms with Crippen LogP contribution in [0.2, 0.25) is 0 Å². The van der Waals surface area contributed by atoms with Gasteiger partial charge in [-0.3, -0.25) is 4.90 Å². The summed E-state index contributed by atoms with van der Waals surface area (Å²) in [5, 5.41) is 18.0. The molecular formula is C15H17N3O3. The molecule has 2 amide bonds. The van der Waals surface area contributed by atoms with Crippen LogP contribution in [-0.2, 0) is 11.2 Å². The fourth-order valence-electron chi connectivity index (χ4n) is 2.55. The van der Waals surface area contributed by atoms with Crippen molar-refractivity contribution in [1.82, 2.24) is 4.90 Å². The molecule has 6 heteroatoms. The van der Waals surface area contributed by atoms with Gasteiger partial charge in [-0.05, 0) is 18.6 Å². The lowest BCUT2D eigenvalue weighted by Gasteiger charge is -2.29. The summed E-state index contributed by atoms with van der Waals surface area (Å²) in [6.45, 7) is 2.55. The summed E-state index contributed by atoms with van der Waals surface area (Å²) in [5.74, 6) is -1.02. The summed E-state index contributed by atoms with van der Waals surface area (Å²) in [5.41, 5.74) is 1.50. The highest BCUT2D eigenvalue weighted by Crippen LogP contribution is 2.33. The molecule has 0 fully saturated rings. The number of carboxylic acid groups (broad SMARTS) is 1. The number of para-hydroxylation sites is 1. The van der Waals surface area contributed by atoms with Crippen molar-refractivity contribution in [2.24, 2.45) is 0 Å². The number of anilines is 1. The Kier molecular flexibility index (Phi) is 4.43. The first-order valence-electron chi connectivity index (χ1n) is 6.86. The van der Waals surface area contributed by atoms with Crippen molar-refractivity contribution in [1.29, 1.82) is 5.26 Å². The highest BCUT2D eigenvalue weighted by Gasteiger charge is 2.39. The van der Waals surface area contributed by atoms with E-state index >= 15 is 0 Å². The minimum absolute atomic E-state index is 0.229. The van der Waals surface area contributed by atoms with Crippen molar-refractivity contribution in [2.45, 2.75) is 25.8 Å². The molecule has 1 aromatic carbocycles. The number of nitrogens with zero attached hydrogens (tertiary/aromatic N) is 3. The number of carboxylic acids is 1. The largest absolute Gasteiger partial charge is 0.480 e. The van der Waals surface area contributed by atoms with Crippen molar-refractivity contribution >= 4 is 17.7 Å². The lowest BCUT2D eigenvalue weighted by Crippen LogP contribution is -2.50. The molecule has 110 valence electrons. The number of aliphatic carboxylic acids is 1. The van der Waals surface area contributed by atoms with Gasteiger partial charge in [0.2, 0.25) is 0 Å². The summed E-state index contributed by atoms with van der Waals surface area (Å²) < 4.78 is 0. The van der Waals surface area contributed by atoms with Crippen molar-refractivity contribution in [3.8, 4) is 6.07 Å². The maximum Gasteiger partial charge on any atom is 0.327 e. The molecule has 0 bridgehead atoms. The smallest absolute Gasteiger partial charge is 0.327 e. The molecule has 1 aliphatic rings. The standard InChI is InChI=1S/C15H17N3O3/c1-2-17(9-5-8-16)15(21)18-12-7-4-3-6-11(12)10-13(18)14(19)20/h3-4,6-7,13H,2,5,9-10H2,1H3,(H,19,20)/t13-/m0/s1. The van der Waals surface area contributed by atoms with Crippen LogP contribution in [0.25, 0.3) is 0 Å². The first kappa shape index (κ1) is 14.9. The molecule has 2 rings (SSSR count). The fraction of sp³-hybridized carbons (Fsp3) is 0.400. The molecule has 0 spiro atoms. The van der Waals surface area contributed by atoms with E-state index in [2.05, 4.69) is 0 Å². The molecule has 21 heavy (non-hydrogen) atoms. The first-order valence-corrected chi connectivity index (χ1v) is 6.86. The maximum absolute atomic E-state index is 12.6. The Morgan fingerprint density at radius 3 is 2.81 bits per heavy atom. The average molecular weight is 287 g/mol. The molecule has 6 nitrogen and oxygen atoms in total. The number of rotatable bonds is 4. The molecule has 0 radical (unpaired) electrons. The van der Waals surface area contributed by atoms with Crippen LogP contribution in [0.4, 0.5) is 10.5 Å². The molecule has 0 saturated heterocycles. The van der Waals surface area contributed by atoms with Crippen LogP contribution < -0.4 is 4.90 Å². The van der Waals surface area contributed by atoms with Crippen LogP contribution in [0.1, 0.15) is 18.9 Å². The van der Waals surface area contributed by atoms with Gasteiger partial charge in [0, 0.05) is 25.2 Å². The predicted octanol–water partition coefficient (Wildman–Crippen LogP) is 1.86. The zero-order valence-corrected chi connectivity index (χ0v) is 11.8. The van der Waals surface area contributed by atoms with E-state index in [-0.39, 0.29) is 12.5 Å². The van der Waals surface area contributed by atoms with E-state index in [0.29, 0.717) is 25.2 Å². The Labute approximate surface area is 123 Å². The van der Waals surface area contributed by atoms with Crippen LogP contribution in [-0.4, -0.2) is 41.1 Å². The molecule has 1 heterocycles. The zero-order valence-electron chi connectivity index (χ0n) is 11.8. The molecule has 0 aromatic heterocycles. The van der Waals surface area contributed by atoms with Crippen molar-refractivity contribution in [2.75, 3.05) is 18.0 Å². The Morgan fingerprint density at radius 1 is 1.48 bits per heavy atom. The van der Waals surface area contributed by atoms with Gasteiger partial charge in [-0.1, -0.05) is 18.2 Å². The lowest BCUT2D eigenvalue weighted by molar-refractivity contribution is -0.138. The van der Waals surface area contributed by atoms with E-state index in [1.807, 2.05) is 25.1 Å². The van der Waals surface area contributed by atoms with Gasteiger partial charge in [-0.25, -0.2) is 9.59 Å². The molecule has 0 aliphatic carbocycles. The van der Waals surface area contributed by atoms with Gasteiger partial charge in [0.05, 0.1) is 12.5 Å². The third-order valence-corrected chi connectivity index (χ3v) is 3.61. The third kappa shape index (κ3) is 2.82. The van der Waals surface area contributed by atoms with Gasteiger partial charge in [0.1, 0.15) is 6.04 Å². The van der Waals surface area contributed by atoms with E-state index < -0.39 is 12.0 Å². The van der Waals surface area contributed by atoms with E-state index in [1.54, 1.807) is 12.1 Å². The van der Waals surface area contributed by atoms with Crippen LogP contribution >= 0.6 is 0 Å². The summed E-state index contributed by atoms with van der Waals surface area (Å²) in [6.07, 6.45) is 0.542. The molecule has 1 atom stereocenters. The van der Waals surface area contributed by atoms with Crippen LogP contribution in [0, 0.1) is 11.3 Å². The second kappa shape index (κ2) is 6.27. The number of urea groups is 1. The van der Waals surface area contributed by atoms with Gasteiger partial charge < -0.3 is 10.0 Å². The second-order valence-electron chi connectivity index (χ2n) is 4.83. The Bertz CT molecular complexity index is 594. The number of nitriles is 1. The number of benzene rings is 1. The molecule has 1 aliphatic heterocycles. The number of fused-ring (bicyclic) bond motifs is 1.